The third-order valence-corrected chi connectivity index (χ3v) is 5.68. The van der Waals surface area contributed by atoms with E-state index < -0.39 is 15.9 Å². The molecule has 2 rings (SSSR count). The summed E-state index contributed by atoms with van der Waals surface area (Å²) < 4.78 is 54.6. The Bertz CT molecular complexity index is 993. The Balaban J connectivity index is 2.29. The van der Waals surface area contributed by atoms with E-state index in [1.165, 1.54) is 25.3 Å². The van der Waals surface area contributed by atoms with Gasteiger partial charge in [-0.05, 0) is 30.2 Å². The molecular formula is C22H28FNO6S. The van der Waals surface area contributed by atoms with Crippen LogP contribution in [0.2, 0.25) is 0 Å². The second kappa shape index (κ2) is 11.1. The molecule has 0 aromatic heterocycles. The molecule has 0 spiro atoms. The maximum atomic E-state index is 14.0. The summed E-state index contributed by atoms with van der Waals surface area (Å²) in [5, 5.41) is 0. The van der Waals surface area contributed by atoms with Gasteiger partial charge in [-0.2, -0.15) is 8.42 Å². The molecule has 2 aromatic rings. The monoisotopic (exact) mass is 453 g/mol. The van der Waals surface area contributed by atoms with Crippen LogP contribution in [0.1, 0.15) is 25.8 Å². The highest BCUT2D eigenvalue weighted by molar-refractivity contribution is 7.87. The maximum absolute atomic E-state index is 14.0. The Kier molecular flexibility index (Phi) is 8.82. The van der Waals surface area contributed by atoms with Crippen molar-refractivity contribution in [1.29, 1.82) is 0 Å². The Morgan fingerprint density at radius 1 is 1.10 bits per heavy atom. The molecule has 9 heteroatoms. The van der Waals surface area contributed by atoms with Gasteiger partial charge in [0.2, 0.25) is 5.91 Å². The highest BCUT2D eigenvalue weighted by atomic mass is 32.2. The van der Waals surface area contributed by atoms with E-state index in [4.69, 9.17) is 13.7 Å². The zero-order valence-electron chi connectivity index (χ0n) is 18.1. The zero-order valence-corrected chi connectivity index (χ0v) is 18.9. The quantitative estimate of drug-likeness (QED) is 0.484. The van der Waals surface area contributed by atoms with E-state index in [-0.39, 0.29) is 34.8 Å². The number of rotatable bonds is 11. The molecule has 170 valence electrons. The van der Waals surface area contributed by atoms with Crippen LogP contribution in [0.25, 0.3) is 0 Å². The van der Waals surface area contributed by atoms with E-state index in [1.807, 2.05) is 13.8 Å². The lowest BCUT2D eigenvalue weighted by molar-refractivity contribution is -0.133. The fourth-order valence-corrected chi connectivity index (χ4v) is 3.84. The van der Waals surface area contributed by atoms with Crippen molar-refractivity contribution < 1.29 is 31.3 Å². The van der Waals surface area contributed by atoms with Crippen LogP contribution >= 0.6 is 0 Å². The number of methoxy groups -OCH3 is 2. The van der Waals surface area contributed by atoms with Crippen molar-refractivity contribution in [3.05, 3.63) is 53.8 Å². The molecule has 2 aromatic carbocycles. The minimum absolute atomic E-state index is 0.0677. The van der Waals surface area contributed by atoms with Crippen LogP contribution in [0.4, 0.5) is 4.39 Å². The summed E-state index contributed by atoms with van der Waals surface area (Å²) in [6.45, 7) is 4.74. The molecule has 1 amide bonds. The van der Waals surface area contributed by atoms with E-state index in [2.05, 4.69) is 0 Å². The minimum Gasteiger partial charge on any atom is -0.494 e. The maximum Gasteiger partial charge on any atom is 0.339 e. The highest BCUT2D eigenvalue weighted by Gasteiger charge is 2.22. The molecule has 7 nitrogen and oxygen atoms in total. The summed E-state index contributed by atoms with van der Waals surface area (Å²) in [6, 6.07) is 9.79. The molecule has 0 bridgehead atoms. The number of carbonyl (C=O) groups is 1. The lowest BCUT2D eigenvalue weighted by Crippen LogP contribution is -2.34. The second-order valence-corrected chi connectivity index (χ2v) is 8.89. The number of halogens is 1. The third kappa shape index (κ3) is 6.93. The molecule has 0 unspecified atom stereocenters. The summed E-state index contributed by atoms with van der Waals surface area (Å²) in [5.41, 5.74) is 0.508. The lowest BCUT2D eigenvalue weighted by atomic mass is 10.1. The Morgan fingerprint density at radius 3 is 2.42 bits per heavy atom. The van der Waals surface area contributed by atoms with Gasteiger partial charge in [0.15, 0.2) is 11.6 Å². The molecular weight excluding hydrogens is 425 g/mol. The second-order valence-electron chi connectivity index (χ2n) is 7.35. The van der Waals surface area contributed by atoms with Gasteiger partial charge in [-0.15, -0.1) is 0 Å². The van der Waals surface area contributed by atoms with Crippen LogP contribution < -0.4 is 8.92 Å². The topological polar surface area (TPSA) is 82.1 Å². The molecule has 0 fully saturated rings. The Labute approximate surface area is 182 Å². The minimum atomic E-state index is -4.30. The number of hydrogen-bond donors (Lipinski definition) is 0. The van der Waals surface area contributed by atoms with Gasteiger partial charge in [-0.1, -0.05) is 32.0 Å². The van der Waals surface area contributed by atoms with Crippen LogP contribution in [-0.2, 0) is 26.2 Å². The van der Waals surface area contributed by atoms with Crippen molar-refractivity contribution in [2.75, 3.05) is 27.4 Å². The molecule has 0 saturated carbocycles. The first-order valence-corrected chi connectivity index (χ1v) is 11.2. The van der Waals surface area contributed by atoms with Gasteiger partial charge in [-0.25, -0.2) is 4.39 Å². The molecule has 0 atom stereocenters. The smallest absolute Gasteiger partial charge is 0.339 e. The first kappa shape index (κ1) is 24.6. The summed E-state index contributed by atoms with van der Waals surface area (Å²) >= 11 is 0. The highest BCUT2D eigenvalue weighted by Crippen LogP contribution is 2.27. The van der Waals surface area contributed by atoms with Crippen LogP contribution in [-0.4, -0.2) is 46.6 Å². The number of amides is 1. The fourth-order valence-electron chi connectivity index (χ4n) is 2.86. The first-order valence-electron chi connectivity index (χ1n) is 9.80. The van der Waals surface area contributed by atoms with Gasteiger partial charge in [0, 0.05) is 32.2 Å². The molecule has 0 saturated heterocycles. The van der Waals surface area contributed by atoms with E-state index in [0.29, 0.717) is 25.1 Å². The molecule has 0 aliphatic rings. The fraction of sp³-hybridized carbons (Fsp3) is 0.409. The average Bonchev–Trinajstić information content (AvgIpc) is 2.71. The first-order chi connectivity index (χ1) is 14.7. The van der Waals surface area contributed by atoms with E-state index in [9.17, 15) is 17.6 Å². The van der Waals surface area contributed by atoms with Gasteiger partial charge in [0.25, 0.3) is 0 Å². The Hall–Kier alpha value is -2.65. The van der Waals surface area contributed by atoms with Crippen molar-refractivity contribution >= 4 is 16.0 Å². The van der Waals surface area contributed by atoms with E-state index in [0.717, 1.165) is 6.07 Å². The summed E-state index contributed by atoms with van der Waals surface area (Å²) in [5.74, 6) is -0.711. The van der Waals surface area contributed by atoms with Crippen LogP contribution in [0.5, 0.6) is 11.5 Å². The normalized spacial score (nSPS) is 11.4. The molecule has 31 heavy (non-hydrogen) atoms. The van der Waals surface area contributed by atoms with Gasteiger partial charge in [0.05, 0.1) is 13.7 Å². The predicted octanol–water partition coefficient (Wildman–Crippen LogP) is 3.62. The van der Waals surface area contributed by atoms with Crippen LogP contribution in [0.3, 0.4) is 0 Å². The number of nitrogens with zero attached hydrogens (tertiary/aromatic N) is 1. The number of para-hydroxylation sites is 1. The van der Waals surface area contributed by atoms with Crippen molar-refractivity contribution in [1.82, 2.24) is 4.90 Å². The SMILES string of the molecule is COCCN(Cc1ccccc1OS(=O)(=O)c1ccc(OC)c(F)c1)C(=O)CC(C)C. The number of carbonyl (C=O) groups excluding carboxylic acids is 1. The van der Waals surface area contributed by atoms with E-state index >= 15 is 0 Å². The van der Waals surface area contributed by atoms with Gasteiger partial charge in [-0.3, -0.25) is 4.79 Å². The average molecular weight is 454 g/mol. The lowest BCUT2D eigenvalue weighted by Gasteiger charge is -2.24. The van der Waals surface area contributed by atoms with Crippen molar-refractivity contribution in [3.8, 4) is 11.5 Å². The molecule has 0 radical (unpaired) electrons. The molecule has 0 aliphatic carbocycles. The number of ether oxygens (including phenoxy) is 2. The predicted molar refractivity (Wildman–Crippen MR) is 114 cm³/mol. The van der Waals surface area contributed by atoms with Crippen LogP contribution in [0.15, 0.2) is 47.4 Å². The van der Waals surface area contributed by atoms with Gasteiger partial charge >= 0.3 is 10.1 Å². The number of benzene rings is 2. The van der Waals surface area contributed by atoms with E-state index in [1.54, 1.807) is 30.2 Å². The summed E-state index contributed by atoms with van der Waals surface area (Å²) in [7, 11) is -1.47. The van der Waals surface area contributed by atoms with Crippen molar-refractivity contribution in [2.45, 2.75) is 31.7 Å². The van der Waals surface area contributed by atoms with Crippen molar-refractivity contribution in [2.24, 2.45) is 5.92 Å². The summed E-state index contributed by atoms with van der Waals surface area (Å²) in [4.78, 5) is 13.9. The van der Waals surface area contributed by atoms with Gasteiger partial charge < -0.3 is 18.6 Å². The third-order valence-electron chi connectivity index (χ3n) is 4.45. The van der Waals surface area contributed by atoms with Crippen molar-refractivity contribution in [3.63, 3.8) is 0 Å². The Morgan fingerprint density at radius 2 is 1.81 bits per heavy atom. The zero-order chi connectivity index (χ0) is 23.0. The largest absolute Gasteiger partial charge is 0.494 e. The standard InChI is InChI=1S/C22H28FNO6S/c1-16(2)13-22(25)24(11-12-28-3)15-17-7-5-6-8-20(17)30-31(26,27)18-9-10-21(29-4)19(23)14-18/h5-10,14,16H,11-13,15H2,1-4H3. The van der Waals surface area contributed by atoms with Crippen LogP contribution in [0, 0.1) is 11.7 Å². The van der Waals surface area contributed by atoms with Gasteiger partial charge in [0.1, 0.15) is 10.6 Å². The molecule has 0 N–H and O–H groups in total. The molecule has 0 aliphatic heterocycles. The summed E-state index contributed by atoms with van der Waals surface area (Å²) in [6.07, 6.45) is 0.357. The number of hydrogen-bond acceptors (Lipinski definition) is 6. The molecule has 0 heterocycles.